The number of benzene rings is 2. The first kappa shape index (κ1) is 15.3. The van der Waals surface area contributed by atoms with E-state index in [2.05, 4.69) is 10.0 Å². The Balaban J connectivity index is 1.89. The van der Waals surface area contributed by atoms with Gasteiger partial charge in [-0.15, -0.1) is 0 Å². The molecule has 1 saturated heterocycles. The molecule has 2 aromatic carbocycles. The lowest BCUT2D eigenvalue weighted by Crippen LogP contribution is -2.27. The maximum Gasteiger partial charge on any atom is 0.321 e. The zero-order chi connectivity index (χ0) is 16.4. The summed E-state index contributed by atoms with van der Waals surface area (Å²) in [5, 5.41) is 2.67. The van der Waals surface area contributed by atoms with Crippen LogP contribution in [0.2, 0.25) is 0 Å². The average molecular weight is 335 g/mol. The molecule has 2 aromatic rings. The molecule has 0 bridgehead atoms. The second-order valence-corrected chi connectivity index (χ2v) is 6.62. The zero-order valence-corrected chi connectivity index (χ0v) is 12.8. The van der Waals surface area contributed by atoms with Crippen LogP contribution in [-0.2, 0) is 10.0 Å². The molecule has 0 aromatic heterocycles. The van der Waals surface area contributed by atoms with E-state index in [1.165, 1.54) is 35.2 Å². The third-order valence-corrected chi connectivity index (χ3v) is 4.81. The molecule has 0 spiro atoms. The highest BCUT2D eigenvalue weighted by Gasteiger charge is 2.22. The Bertz CT molecular complexity index is 855. The van der Waals surface area contributed by atoms with E-state index in [1.807, 2.05) is 0 Å². The van der Waals surface area contributed by atoms with Gasteiger partial charge < -0.3 is 5.32 Å². The van der Waals surface area contributed by atoms with Gasteiger partial charge in [0.05, 0.1) is 5.69 Å². The number of carbonyl (C=O) groups excluding carboxylic acids is 1. The summed E-state index contributed by atoms with van der Waals surface area (Å²) in [6.45, 7) is 1.03. The predicted octanol–water partition coefficient (Wildman–Crippen LogP) is 2.16. The van der Waals surface area contributed by atoms with E-state index in [0.29, 0.717) is 18.8 Å². The van der Waals surface area contributed by atoms with Crippen molar-refractivity contribution in [2.75, 3.05) is 22.7 Å². The summed E-state index contributed by atoms with van der Waals surface area (Å²) in [7, 11) is -4.04. The van der Waals surface area contributed by atoms with Gasteiger partial charge in [-0.2, -0.15) is 0 Å². The number of hydrogen-bond donors (Lipinski definition) is 2. The smallest absolute Gasteiger partial charge is 0.321 e. The Hall–Kier alpha value is -2.61. The van der Waals surface area contributed by atoms with E-state index in [4.69, 9.17) is 0 Å². The first-order chi connectivity index (χ1) is 11.0. The third kappa shape index (κ3) is 3.11. The Morgan fingerprint density at radius 2 is 1.91 bits per heavy atom. The van der Waals surface area contributed by atoms with Crippen LogP contribution in [0.3, 0.4) is 0 Å². The minimum atomic E-state index is -4.04. The van der Waals surface area contributed by atoms with Gasteiger partial charge in [-0.05, 0) is 30.3 Å². The van der Waals surface area contributed by atoms with Crippen LogP contribution in [0.15, 0.2) is 53.4 Å². The maximum atomic E-state index is 13.7. The van der Waals surface area contributed by atoms with Crippen LogP contribution in [0.25, 0.3) is 0 Å². The number of hydrogen-bond acceptors (Lipinski definition) is 3. The lowest BCUT2D eigenvalue weighted by molar-refractivity contribution is 0.252. The van der Waals surface area contributed by atoms with Gasteiger partial charge in [0.1, 0.15) is 10.7 Å². The summed E-state index contributed by atoms with van der Waals surface area (Å²) < 4.78 is 40.6. The van der Waals surface area contributed by atoms with Crippen LogP contribution in [0.1, 0.15) is 0 Å². The molecular weight excluding hydrogens is 321 g/mol. The molecule has 1 aliphatic rings. The molecule has 3 rings (SSSR count). The lowest BCUT2D eigenvalue weighted by Gasteiger charge is -2.16. The second kappa shape index (κ2) is 5.88. The highest BCUT2D eigenvalue weighted by Crippen LogP contribution is 2.24. The van der Waals surface area contributed by atoms with E-state index in [1.54, 1.807) is 12.1 Å². The normalized spacial score (nSPS) is 14.7. The number of urea groups is 1. The van der Waals surface area contributed by atoms with Gasteiger partial charge in [0.25, 0.3) is 10.0 Å². The highest BCUT2D eigenvalue weighted by molar-refractivity contribution is 7.92. The number of rotatable bonds is 4. The van der Waals surface area contributed by atoms with Gasteiger partial charge in [-0.25, -0.2) is 17.6 Å². The third-order valence-electron chi connectivity index (χ3n) is 3.39. The number of amides is 2. The van der Waals surface area contributed by atoms with Crippen LogP contribution in [0, 0.1) is 5.82 Å². The topological polar surface area (TPSA) is 78.5 Å². The van der Waals surface area contributed by atoms with Crippen LogP contribution >= 0.6 is 0 Å². The van der Waals surface area contributed by atoms with Gasteiger partial charge in [0.15, 0.2) is 0 Å². The fraction of sp³-hybridized carbons (Fsp3) is 0.133. The minimum absolute atomic E-state index is 0.237. The van der Waals surface area contributed by atoms with Crippen molar-refractivity contribution in [3.63, 3.8) is 0 Å². The maximum absolute atomic E-state index is 13.7. The Kier molecular flexibility index (Phi) is 3.91. The fourth-order valence-corrected chi connectivity index (χ4v) is 3.46. The monoisotopic (exact) mass is 335 g/mol. The molecule has 0 radical (unpaired) electrons. The van der Waals surface area contributed by atoms with Crippen LogP contribution in [-0.4, -0.2) is 27.5 Å². The molecule has 0 unspecified atom stereocenters. The van der Waals surface area contributed by atoms with E-state index in [9.17, 15) is 17.6 Å². The number of nitrogens with zero attached hydrogens (tertiary/aromatic N) is 1. The van der Waals surface area contributed by atoms with Gasteiger partial charge in [0, 0.05) is 18.8 Å². The number of halogens is 1. The number of sulfonamides is 1. The van der Waals surface area contributed by atoms with Crippen molar-refractivity contribution in [2.24, 2.45) is 0 Å². The molecule has 120 valence electrons. The predicted molar refractivity (Wildman–Crippen MR) is 84.4 cm³/mol. The van der Waals surface area contributed by atoms with Crippen LogP contribution in [0.4, 0.5) is 20.6 Å². The van der Waals surface area contributed by atoms with E-state index >= 15 is 0 Å². The first-order valence-electron chi connectivity index (χ1n) is 6.90. The fourth-order valence-electron chi connectivity index (χ4n) is 2.33. The van der Waals surface area contributed by atoms with Gasteiger partial charge in [0.2, 0.25) is 0 Å². The first-order valence-corrected chi connectivity index (χ1v) is 8.38. The highest BCUT2D eigenvalue weighted by atomic mass is 32.2. The van der Waals surface area contributed by atoms with Gasteiger partial charge in [-0.1, -0.05) is 18.2 Å². The zero-order valence-electron chi connectivity index (χ0n) is 12.0. The van der Waals surface area contributed by atoms with Crippen molar-refractivity contribution in [1.82, 2.24) is 5.32 Å². The lowest BCUT2D eigenvalue weighted by atomic mass is 10.2. The molecule has 0 saturated carbocycles. The molecule has 6 nitrogen and oxygen atoms in total. The molecule has 0 atom stereocenters. The Morgan fingerprint density at radius 1 is 1.13 bits per heavy atom. The summed E-state index contributed by atoms with van der Waals surface area (Å²) in [5.41, 5.74) is 0.819. The van der Waals surface area contributed by atoms with Gasteiger partial charge in [-0.3, -0.25) is 9.62 Å². The largest absolute Gasteiger partial charge is 0.336 e. The van der Waals surface area contributed by atoms with Crippen LogP contribution < -0.4 is 14.9 Å². The molecule has 1 heterocycles. The van der Waals surface area contributed by atoms with Crippen molar-refractivity contribution in [3.05, 3.63) is 54.3 Å². The quantitative estimate of drug-likeness (QED) is 0.899. The Morgan fingerprint density at radius 3 is 2.61 bits per heavy atom. The molecule has 1 aliphatic heterocycles. The molecule has 2 N–H and O–H groups in total. The van der Waals surface area contributed by atoms with E-state index in [-0.39, 0.29) is 11.7 Å². The number of nitrogens with one attached hydrogen (secondary N) is 2. The summed E-state index contributed by atoms with van der Waals surface area (Å²) in [5.74, 6) is -0.824. The molecule has 2 amide bonds. The summed E-state index contributed by atoms with van der Waals surface area (Å²) in [6, 6.07) is 11.3. The van der Waals surface area contributed by atoms with Crippen molar-refractivity contribution in [1.29, 1.82) is 0 Å². The Labute approximate surface area is 133 Å². The van der Waals surface area contributed by atoms with Crippen molar-refractivity contribution in [2.45, 2.75) is 4.90 Å². The van der Waals surface area contributed by atoms with Crippen molar-refractivity contribution >= 4 is 27.4 Å². The minimum Gasteiger partial charge on any atom is -0.336 e. The average Bonchev–Trinajstić information content (AvgIpc) is 2.93. The van der Waals surface area contributed by atoms with Crippen LogP contribution in [0.5, 0.6) is 0 Å². The second-order valence-electron chi connectivity index (χ2n) is 4.97. The van der Waals surface area contributed by atoms with Crippen molar-refractivity contribution in [3.8, 4) is 0 Å². The van der Waals surface area contributed by atoms with Gasteiger partial charge >= 0.3 is 6.03 Å². The number of anilines is 2. The summed E-state index contributed by atoms with van der Waals surface area (Å²) >= 11 is 0. The number of carbonyl (C=O) groups is 1. The van der Waals surface area contributed by atoms with E-state index in [0.717, 1.165) is 6.07 Å². The molecule has 0 aliphatic carbocycles. The van der Waals surface area contributed by atoms with Crippen molar-refractivity contribution < 1.29 is 17.6 Å². The molecule has 1 fully saturated rings. The summed E-state index contributed by atoms with van der Waals surface area (Å²) in [6.07, 6.45) is 0. The standard InChI is InChI=1S/C15H14FN3O3S/c16-13-6-1-2-7-14(13)23(21,22)18-11-4-3-5-12(10-11)19-9-8-17-15(19)20/h1-7,10,18H,8-9H2,(H,17,20). The van der Waals surface area contributed by atoms with E-state index < -0.39 is 20.7 Å². The molecular formula is C15H14FN3O3S. The molecule has 23 heavy (non-hydrogen) atoms. The summed E-state index contributed by atoms with van der Waals surface area (Å²) in [4.78, 5) is 12.7. The molecule has 8 heteroatoms. The SMILES string of the molecule is O=C1NCCN1c1cccc(NS(=O)(=O)c2ccccc2F)c1.